The van der Waals surface area contributed by atoms with Gasteiger partial charge in [0.05, 0.1) is 11.5 Å². The maximum atomic E-state index is 11.9. The van der Waals surface area contributed by atoms with Crippen LogP contribution in [0, 0.1) is 11.3 Å². The number of nitriles is 1. The van der Waals surface area contributed by atoms with Crippen LogP contribution in [0.5, 0.6) is 0 Å². The van der Waals surface area contributed by atoms with E-state index in [1.54, 1.807) is 38.1 Å². The van der Waals surface area contributed by atoms with E-state index in [0.29, 0.717) is 5.69 Å². The molecule has 2 rings (SSSR count). The van der Waals surface area contributed by atoms with Gasteiger partial charge in [0.2, 0.25) is 15.0 Å². The maximum Gasteiger partial charge on any atom is 0.237 e. The van der Waals surface area contributed by atoms with Crippen molar-refractivity contribution in [2.24, 2.45) is 0 Å². The molecule has 0 aromatic heterocycles. The van der Waals surface area contributed by atoms with Crippen LogP contribution in [0.25, 0.3) is 0 Å². The number of carbonyl (C=O) groups excluding carboxylic acids is 1. The molecular formula is C14H15ClN2O3S. The van der Waals surface area contributed by atoms with E-state index in [1.165, 1.54) is 4.90 Å². The Balaban J connectivity index is 2.25. The molecule has 21 heavy (non-hydrogen) atoms. The maximum absolute atomic E-state index is 11.9. The van der Waals surface area contributed by atoms with Crippen LogP contribution in [0.1, 0.15) is 25.8 Å². The first kappa shape index (κ1) is 15.8. The molecule has 1 amide bonds. The summed E-state index contributed by atoms with van der Waals surface area (Å²) in [5, 5.41) is 8.23. The lowest BCUT2D eigenvalue weighted by Crippen LogP contribution is -2.26. The van der Waals surface area contributed by atoms with Gasteiger partial charge in [-0.15, -0.1) is 0 Å². The van der Waals surface area contributed by atoms with Crippen molar-refractivity contribution in [3.05, 3.63) is 29.8 Å². The molecule has 112 valence electrons. The summed E-state index contributed by atoms with van der Waals surface area (Å²) < 4.78 is 22.7. The van der Waals surface area contributed by atoms with Crippen molar-refractivity contribution in [3.8, 4) is 6.07 Å². The Hall–Kier alpha value is -1.58. The predicted octanol–water partition coefficient (Wildman–Crippen LogP) is 2.16. The van der Waals surface area contributed by atoms with Gasteiger partial charge >= 0.3 is 0 Å². The molecule has 1 aliphatic rings. The van der Waals surface area contributed by atoms with Crippen LogP contribution in [0.15, 0.2) is 24.3 Å². The first-order chi connectivity index (χ1) is 9.65. The summed E-state index contributed by atoms with van der Waals surface area (Å²) in [7, 11) is 1.57. The van der Waals surface area contributed by atoms with Crippen LogP contribution >= 0.6 is 10.7 Å². The summed E-state index contributed by atoms with van der Waals surface area (Å²) in [4.78, 5) is 13.3. The zero-order valence-electron chi connectivity index (χ0n) is 11.7. The number of halogens is 1. The minimum absolute atomic E-state index is 0.0612. The quantitative estimate of drug-likeness (QED) is 0.797. The van der Waals surface area contributed by atoms with Gasteiger partial charge in [0.1, 0.15) is 5.25 Å². The van der Waals surface area contributed by atoms with Crippen LogP contribution in [0.3, 0.4) is 0 Å². The standard InChI is InChI=1S/C14H15ClN2O3S/c1-14(2,9-16)10-3-5-11(6-4-10)17-8-12(7-13(17)18)21(15,19)20/h3-6,12H,7-8H2,1-2H3. The van der Waals surface area contributed by atoms with E-state index in [4.69, 9.17) is 15.9 Å². The number of nitrogens with zero attached hydrogens (tertiary/aromatic N) is 2. The summed E-state index contributed by atoms with van der Waals surface area (Å²) in [6, 6.07) is 9.19. The summed E-state index contributed by atoms with van der Waals surface area (Å²) >= 11 is 0. The van der Waals surface area contributed by atoms with Crippen molar-refractivity contribution in [2.75, 3.05) is 11.4 Å². The zero-order valence-corrected chi connectivity index (χ0v) is 13.3. The second kappa shape index (κ2) is 5.32. The average molecular weight is 327 g/mol. The fraction of sp³-hybridized carbons (Fsp3) is 0.429. The molecule has 0 aliphatic carbocycles. The number of anilines is 1. The second-order valence-electron chi connectivity index (χ2n) is 5.59. The molecular weight excluding hydrogens is 312 g/mol. The molecule has 0 bridgehead atoms. The molecule has 1 fully saturated rings. The topological polar surface area (TPSA) is 78.2 Å². The number of carbonyl (C=O) groups is 1. The minimum Gasteiger partial charge on any atom is -0.311 e. The van der Waals surface area contributed by atoms with Crippen LogP contribution < -0.4 is 4.90 Å². The van der Waals surface area contributed by atoms with E-state index in [9.17, 15) is 13.2 Å². The van der Waals surface area contributed by atoms with Crippen molar-refractivity contribution in [1.29, 1.82) is 5.26 Å². The van der Waals surface area contributed by atoms with Crippen molar-refractivity contribution >= 4 is 31.3 Å². The van der Waals surface area contributed by atoms with Crippen LogP contribution in [0.2, 0.25) is 0 Å². The normalized spacial score (nSPS) is 19.6. The highest BCUT2D eigenvalue weighted by molar-refractivity contribution is 8.14. The largest absolute Gasteiger partial charge is 0.311 e. The van der Waals surface area contributed by atoms with E-state index in [-0.39, 0.29) is 18.9 Å². The van der Waals surface area contributed by atoms with Crippen LogP contribution in [-0.4, -0.2) is 26.1 Å². The summed E-state index contributed by atoms with van der Waals surface area (Å²) in [5.74, 6) is -0.267. The van der Waals surface area contributed by atoms with E-state index >= 15 is 0 Å². The molecule has 5 nitrogen and oxygen atoms in total. The highest BCUT2D eigenvalue weighted by atomic mass is 35.7. The molecule has 1 unspecified atom stereocenters. The fourth-order valence-electron chi connectivity index (χ4n) is 2.24. The number of amides is 1. The van der Waals surface area contributed by atoms with Gasteiger partial charge in [-0.1, -0.05) is 12.1 Å². The number of hydrogen-bond donors (Lipinski definition) is 0. The van der Waals surface area contributed by atoms with Crippen molar-refractivity contribution in [1.82, 2.24) is 0 Å². The molecule has 1 aromatic rings. The lowest BCUT2D eigenvalue weighted by Gasteiger charge is -2.19. The van der Waals surface area contributed by atoms with Crippen molar-refractivity contribution in [3.63, 3.8) is 0 Å². The van der Waals surface area contributed by atoms with Crippen LogP contribution in [-0.2, 0) is 19.3 Å². The number of benzene rings is 1. The Morgan fingerprint density at radius 1 is 1.33 bits per heavy atom. The van der Waals surface area contributed by atoms with E-state index < -0.39 is 19.7 Å². The highest BCUT2D eigenvalue weighted by Crippen LogP contribution is 2.29. The average Bonchev–Trinajstić information content (AvgIpc) is 2.81. The second-order valence-corrected chi connectivity index (χ2v) is 8.50. The Labute approximate surface area is 128 Å². The van der Waals surface area contributed by atoms with Gasteiger partial charge in [0.15, 0.2) is 0 Å². The van der Waals surface area contributed by atoms with Gasteiger partial charge in [-0.2, -0.15) is 5.26 Å². The first-order valence-corrected chi connectivity index (χ1v) is 8.78. The molecule has 0 saturated carbocycles. The third-order valence-electron chi connectivity index (χ3n) is 3.67. The molecule has 1 aromatic carbocycles. The Bertz CT molecular complexity index is 705. The highest BCUT2D eigenvalue weighted by Gasteiger charge is 2.38. The van der Waals surface area contributed by atoms with Crippen molar-refractivity contribution in [2.45, 2.75) is 30.9 Å². The lowest BCUT2D eigenvalue weighted by atomic mass is 9.86. The minimum atomic E-state index is -3.75. The molecule has 7 heteroatoms. The molecule has 1 atom stereocenters. The number of rotatable bonds is 3. The predicted molar refractivity (Wildman–Crippen MR) is 80.6 cm³/mol. The zero-order chi connectivity index (χ0) is 15.8. The molecule has 1 heterocycles. The summed E-state index contributed by atoms with van der Waals surface area (Å²) in [5.41, 5.74) is 0.831. The third-order valence-corrected chi connectivity index (χ3v) is 5.54. The van der Waals surface area contributed by atoms with E-state index in [1.807, 2.05) is 0 Å². The molecule has 1 aliphatic heterocycles. The van der Waals surface area contributed by atoms with E-state index in [2.05, 4.69) is 6.07 Å². The fourth-order valence-corrected chi connectivity index (χ4v) is 3.26. The SMILES string of the molecule is CC(C)(C#N)c1ccc(N2CC(S(=O)(=O)Cl)CC2=O)cc1. The Morgan fingerprint density at radius 3 is 2.33 bits per heavy atom. The monoisotopic (exact) mass is 326 g/mol. The van der Waals surface area contributed by atoms with Gasteiger partial charge in [-0.05, 0) is 31.5 Å². The summed E-state index contributed by atoms with van der Waals surface area (Å²) in [6.07, 6.45) is -0.0999. The third kappa shape index (κ3) is 3.20. The Kier molecular flexibility index (Phi) is 4.00. The van der Waals surface area contributed by atoms with Crippen molar-refractivity contribution < 1.29 is 13.2 Å². The van der Waals surface area contributed by atoms with Crippen LogP contribution in [0.4, 0.5) is 5.69 Å². The molecule has 1 saturated heterocycles. The van der Waals surface area contributed by atoms with E-state index in [0.717, 1.165) is 5.56 Å². The molecule has 0 radical (unpaired) electrons. The lowest BCUT2D eigenvalue weighted by molar-refractivity contribution is -0.117. The summed E-state index contributed by atoms with van der Waals surface area (Å²) in [6.45, 7) is 3.67. The number of hydrogen-bond acceptors (Lipinski definition) is 4. The van der Waals surface area contributed by atoms with Gasteiger partial charge < -0.3 is 4.90 Å². The first-order valence-electron chi connectivity index (χ1n) is 6.41. The van der Waals surface area contributed by atoms with Gasteiger partial charge in [-0.3, -0.25) is 4.79 Å². The molecule has 0 N–H and O–H groups in total. The van der Waals surface area contributed by atoms with Gasteiger partial charge in [0, 0.05) is 29.3 Å². The van der Waals surface area contributed by atoms with Gasteiger partial charge in [0.25, 0.3) is 0 Å². The Morgan fingerprint density at radius 2 is 1.90 bits per heavy atom. The smallest absolute Gasteiger partial charge is 0.237 e. The van der Waals surface area contributed by atoms with Gasteiger partial charge in [-0.25, -0.2) is 8.42 Å². The molecule has 0 spiro atoms.